The quantitative estimate of drug-likeness (QED) is 0.278. The second-order valence-corrected chi connectivity index (χ2v) is 10.1. The third kappa shape index (κ3) is 14.3. The molecule has 1 N–H and O–H groups in total. The van der Waals surface area contributed by atoms with Crippen LogP contribution in [0.15, 0.2) is 91.6 Å². The fourth-order valence-corrected chi connectivity index (χ4v) is 3.96. The topological polar surface area (TPSA) is 31.4 Å². The van der Waals surface area contributed by atoms with Crippen LogP contribution in [0.4, 0.5) is 0 Å². The molecule has 1 aliphatic heterocycles. The van der Waals surface area contributed by atoms with Gasteiger partial charge >= 0.3 is 0 Å². The van der Waals surface area contributed by atoms with Gasteiger partial charge in [0.15, 0.2) is 0 Å². The van der Waals surface area contributed by atoms with Gasteiger partial charge in [-0.3, -0.25) is 9.88 Å². The van der Waals surface area contributed by atoms with Gasteiger partial charge in [0, 0.05) is 35.9 Å². The van der Waals surface area contributed by atoms with Gasteiger partial charge in [0.1, 0.15) is 0 Å². The summed E-state index contributed by atoms with van der Waals surface area (Å²) >= 11 is 0. The van der Waals surface area contributed by atoms with Crippen LogP contribution in [-0.4, -0.2) is 48.5 Å². The van der Waals surface area contributed by atoms with E-state index in [-0.39, 0.29) is 0 Å². The van der Waals surface area contributed by atoms with Crippen molar-refractivity contribution < 1.29 is 0 Å². The van der Waals surface area contributed by atoms with Crippen molar-refractivity contribution >= 4 is 5.57 Å². The van der Waals surface area contributed by atoms with Crippen molar-refractivity contribution in [3.63, 3.8) is 0 Å². The molecule has 1 aromatic heterocycles. The molecular formula is C37H58N4. The Hall–Kier alpha value is -3.21. The van der Waals surface area contributed by atoms with Crippen LogP contribution in [0.25, 0.3) is 16.7 Å². The molecule has 0 unspecified atom stereocenters. The van der Waals surface area contributed by atoms with E-state index in [0.717, 1.165) is 45.8 Å². The Morgan fingerprint density at radius 1 is 1.00 bits per heavy atom. The predicted molar refractivity (Wildman–Crippen MR) is 185 cm³/mol. The summed E-state index contributed by atoms with van der Waals surface area (Å²) in [5, 5.41) is 3.37. The van der Waals surface area contributed by atoms with E-state index in [2.05, 4.69) is 92.0 Å². The van der Waals surface area contributed by atoms with Gasteiger partial charge in [0.05, 0.1) is 0 Å². The van der Waals surface area contributed by atoms with Crippen LogP contribution in [0, 0.1) is 6.92 Å². The molecule has 4 nitrogen and oxygen atoms in total. The van der Waals surface area contributed by atoms with Crippen molar-refractivity contribution in [2.75, 3.05) is 33.7 Å². The molecule has 0 saturated carbocycles. The fraction of sp³-hybridized carbons (Fsp3) is 0.432. The number of hydrogen-bond acceptors (Lipinski definition) is 4. The third-order valence-corrected chi connectivity index (χ3v) is 6.23. The van der Waals surface area contributed by atoms with Gasteiger partial charge in [0.2, 0.25) is 0 Å². The van der Waals surface area contributed by atoms with Crippen LogP contribution >= 0.6 is 0 Å². The zero-order valence-electron chi connectivity index (χ0n) is 27.9. The summed E-state index contributed by atoms with van der Waals surface area (Å²) in [6.45, 7) is 33.3. The molecular weight excluding hydrogens is 500 g/mol. The zero-order valence-corrected chi connectivity index (χ0v) is 27.9. The van der Waals surface area contributed by atoms with E-state index < -0.39 is 0 Å². The van der Waals surface area contributed by atoms with E-state index in [9.17, 15) is 0 Å². The Morgan fingerprint density at radius 2 is 1.66 bits per heavy atom. The van der Waals surface area contributed by atoms with Crippen molar-refractivity contribution in [3.8, 4) is 11.1 Å². The van der Waals surface area contributed by atoms with Gasteiger partial charge in [-0.15, -0.1) is 0 Å². The Kier molecular flexibility index (Phi) is 19.8. The van der Waals surface area contributed by atoms with E-state index in [4.69, 9.17) is 0 Å². The van der Waals surface area contributed by atoms with Gasteiger partial charge in [-0.25, -0.2) is 0 Å². The van der Waals surface area contributed by atoms with Crippen molar-refractivity contribution in [1.29, 1.82) is 0 Å². The van der Waals surface area contributed by atoms with Crippen molar-refractivity contribution in [2.24, 2.45) is 0 Å². The summed E-state index contributed by atoms with van der Waals surface area (Å²) in [7, 11) is 4.17. The van der Waals surface area contributed by atoms with Crippen molar-refractivity contribution in [1.82, 2.24) is 20.1 Å². The number of likely N-dealkylation sites (tertiary alicyclic amines) is 1. The molecule has 226 valence electrons. The van der Waals surface area contributed by atoms with E-state index in [1.54, 1.807) is 0 Å². The first-order valence-electron chi connectivity index (χ1n) is 15.2. The number of rotatable bonds is 11. The molecule has 1 aliphatic rings. The maximum absolute atomic E-state index is 4.49. The number of nitrogens with one attached hydrogen (secondary N) is 1. The summed E-state index contributed by atoms with van der Waals surface area (Å²) < 4.78 is 0. The van der Waals surface area contributed by atoms with Crippen LogP contribution in [0.5, 0.6) is 0 Å². The third-order valence-electron chi connectivity index (χ3n) is 6.23. The normalized spacial score (nSPS) is 12.6. The van der Waals surface area contributed by atoms with Gasteiger partial charge in [0.25, 0.3) is 0 Å². The molecule has 3 rings (SSSR count). The molecule has 4 heteroatoms. The molecule has 0 radical (unpaired) electrons. The highest BCUT2D eigenvalue weighted by Gasteiger charge is 2.15. The largest absolute Gasteiger partial charge is 0.356 e. The number of aromatic nitrogens is 1. The van der Waals surface area contributed by atoms with Crippen LogP contribution in [0.3, 0.4) is 0 Å². The molecule has 1 saturated heterocycles. The number of hydrogen-bond donors (Lipinski definition) is 1. The molecule has 0 amide bonds. The van der Waals surface area contributed by atoms with Crippen LogP contribution in [-0.2, 0) is 6.54 Å². The average molecular weight is 559 g/mol. The highest BCUT2D eigenvalue weighted by atomic mass is 15.2. The van der Waals surface area contributed by atoms with E-state index in [1.807, 2.05) is 72.2 Å². The zero-order chi connectivity index (χ0) is 31.4. The SMILES string of the molecule is C=C(C)/C=C\C(=C/C)NC(=C)C(=C)c1cc(-c2cncc(CN3CCC3)c2)ccc1C.CC.CC.CCCN(C)C. The molecule has 2 heterocycles. The summed E-state index contributed by atoms with van der Waals surface area (Å²) in [5.41, 5.74) is 9.40. The second-order valence-electron chi connectivity index (χ2n) is 10.1. The van der Waals surface area contributed by atoms with E-state index >= 15 is 0 Å². The van der Waals surface area contributed by atoms with Crippen LogP contribution < -0.4 is 5.32 Å². The molecule has 0 spiro atoms. The van der Waals surface area contributed by atoms with Crippen molar-refractivity contribution in [3.05, 3.63) is 108 Å². The lowest BCUT2D eigenvalue weighted by Crippen LogP contribution is -2.36. The molecule has 1 aromatic carbocycles. The summed E-state index contributed by atoms with van der Waals surface area (Å²) in [4.78, 5) is 9.11. The molecule has 0 bridgehead atoms. The van der Waals surface area contributed by atoms with Gasteiger partial charge in [-0.2, -0.15) is 0 Å². The molecule has 41 heavy (non-hydrogen) atoms. The first-order valence-corrected chi connectivity index (χ1v) is 15.2. The van der Waals surface area contributed by atoms with E-state index in [1.165, 1.54) is 43.6 Å². The number of nitrogens with zero attached hydrogens (tertiary/aromatic N) is 3. The standard InChI is InChI=1S/C28H33N3.C5H13N.2C2H6/c1-7-27(12-9-20(2)3)30-23(6)22(5)28-16-25(11-10-21(28)4)26-15-24(17-29-18-26)19-31-13-8-14-31;1-4-5-6(2)3;2*1-2/h7,9-12,15-18,30H,2,5-6,8,13-14,19H2,1,3-4H3;4-5H2,1-3H3;2*1-2H3/b12-9-,27-7+;;;. The fourth-order valence-electron chi connectivity index (χ4n) is 3.96. The number of pyridine rings is 1. The van der Waals surface area contributed by atoms with Gasteiger partial charge in [-0.05, 0) is 113 Å². The highest BCUT2D eigenvalue weighted by Crippen LogP contribution is 2.29. The smallest absolute Gasteiger partial charge is 0.0384 e. The van der Waals surface area contributed by atoms with E-state index in [0.29, 0.717) is 0 Å². The maximum atomic E-state index is 4.49. The van der Waals surface area contributed by atoms with Gasteiger partial charge < -0.3 is 10.2 Å². The average Bonchev–Trinajstić information content (AvgIpc) is 2.95. The molecule has 1 fully saturated rings. The van der Waals surface area contributed by atoms with Gasteiger partial charge in [-0.1, -0.05) is 84.2 Å². The summed E-state index contributed by atoms with van der Waals surface area (Å²) in [5.74, 6) is 0. The lowest BCUT2D eigenvalue weighted by Gasteiger charge is -2.30. The monoisotopic (exact) mass is 558 g/mol. The first kappa shape index (κ1) is 37.8. The summed E-state index contributed by atoms with van der Waals surface area (Å²) in [6, 6.07) is 8.73. The Labute approximate surface area is 253 Å². The lowest BCUT2D eigenvalue weighted by atomic mass is 9.94. The predicted octanol–water partition coefficient (Wildman–Crippen LogP) is 9.43. The summed E-state index contributed by atoms with van der Waals surface area (Å²) in [6.07, 6.45) is 12.4. The van der Waals surface area contributed by atoms with Crippen LogP contribution in [0.1, 0.15) is 78.0 Å². The minimum Gasteiger partial charge on any atom is -0.356 e. The maximum Gasteiger partial charge on any atom is 0.0384 e. The Balaban J connectivity index is 0.00000140. The van der Waals surface area contributed by atoms with Crippen molar-refractivity contribution in [2.45, 2.75) is 74.8 Å². The number of benzene rings is 1. The Bertz CT molecular complexity index is 1130. The number of allylic oxidation sites excluding steroid dienone is 5. The molecule has 0 aliphatic carbocycles. The molecule has 2 aromatic rings. The number of aryl methyl sites for hydroxylation is 1. The lowest BCUT2D eigenvalue weighted by molar-refractivity contribution is 0.172. The Morgan fingerprint density at radius 3 is 2.15 bits per heavy atom. The molecule has 0 atom stereocenters. The first-order chi connectivity index (χ1) is 19.6. The second kappa shape index (κ2) is 21.5. The minimum atomic E-state index is 0.782. The van der Waals surface area contributed by atoms with Crippen LogP contribution in [0.2, 0.25) is 0 Å². The minimum absolute atomic E-state index is 0.782. The highest BCUT2D eigenvalue weighted by molar-refractivity contribution is 5.81.